The van der Waals surface area contributed by atoms with E-state index in [4.69, 9.17) is 26.4 Å². The lowest BCUT2D eigenvalue weighted by Gasteiger charge is -2.39. The maximum absolute atomic E-state index is 5.58. The molecule has 2 aliphatic heterocycles. The highest BCUT2D eigenvalue weighted by Crippen LogP contribution is 2.41. The molecule has 6 heteroatoms. The quantitative estimate of drug-likeness (QED) is 0.737. The summed E-state index contributed by atoms with van der Waals surface area (Å²) in [6, 6.07) is 15.0. The molecule has 1 atom stereocenters. The molecule has 0 radical (unpaired) electrons. The summed E-state index contributed by atoms with van der Waals surface area (Å²) >= 11 is 5.35. The van der Waals surface area contributed by atoms with Crippen molar-refractivity contribution in [3.8, 4) is 11.5 Å². The first-order chi connectivity index (χ1) is 13.2. The number of hydrogen-bond donors (Lipinski definition) is 0. The molecule has 4 rings (SSSR count). The molecule has 0 aromatic heterocycles. The third-order valence-corrected chi connectivity index (χ3v) is 5.66. The van der Waals surface area contributed by atoms with Gasteiger partial charge in [0.2, 0.25) is 0 Å². The number of rotatable bonds is 5. The van der Waals surface area contributed by atoms with Gasteiger partial charge in [0, 0.05) is 6.54 Å². The Morgan fingerprint density at radius 1 is 1.07 bits per heavy atom. The van der Waals surface area contributed by atoms with E-state index in [1.165, 1.54) is 16.7 Å². The zero-order valence-corrected chi connectivity index (χ0v) is 16.5. The first-order valence-electron chi connectivity index (χ1n) is 9.16. The van der Waals surface area contributed by atoms with Crippen LogP contribution in [0.4, 0.5) is 0 Å². The molecule has 0 N–H and O–H groups in total. The van der Waals surface area contributed by atoms with Gasteiger partial charge in [-0.1, -0.05) is 30.3 Å². The summed E-state index contributed by atoms with van der Waals surface area (Å²) in [5, 5.41) is 0.597. The summed E-state index contributed by atoms with van der Waals surface area (Å²) in [6.45, 7) is 3.22. The van der Waals surface area contributed by atoms with Crippen molar-refractivity contribution >= 4 is 17.4 Å². The predicted molar refractivity (Wildman–Crippen MR) is 108 cm³/mol. The van der Waals surface area contributed by atoms with Crippen molar-refractivity contribution in [2.24, 2.45) is 0 Å². The molecule has 2 heterocycles. The van der Waals surface area contributed by atoms with Crippen molar-refractivity contribution in [2.75, 3.05) is 40.6 Å². The fourth-order valence-corrected chi connectivity index (χ4v) is 4.18. The van der Waals surface area contributed by atoms with Crippen LogP contribution in [0.1, 0.15) is 22.7 Å². The van der Waals surface area contributed by atoms with E-state index in [9.17, 15) is 0 Å². The Kier molecular flexibility index (Phi) is 5.18. The minimum atomic E-state index is 0.137. The average molecular weight is 385 g/mol. The molecular formula is C21H24N2O3S. The topological polar surface area (TPSA) is 34.2 Å². The summed E-state index contributed by atoms with van der Waals surface area (Å²) in [4.78, 5) is 4.60. The molecule has 2 aliphatic rings. The van der Waals surface area contributed by atoms with E-state index in [2.05, 4.69) is 52.3 Å². The normalized spacial score (nSPS) is 19.6. The van der Waals surface area contributed by atoms with Crippen molar-refractivity contribution in [2.45, 2.75) is 12.5 Å². The third kappa shape index (κ3) is 3.47. The Morgan fingerprint density at radius 2 is 1.81 bits per heavy atom. The molecule has 2 aromatic rings. The number of fused-ring (bicyclic) bond motifs is 1. The number of thiocarbonyl (C=S) groups is 1. The number of hydrogen-bond acceptors (Lipinski definition) is 5. The van der Waals surface area contributed by atoms with Gasteiger partial charge in [-0.2, -0.15) is 0 Å². The van der Waals surface area contributed by atoms with Gasteiger partial charge in [-0.25, -0.2) is 0 Å². The molecule has 0 spiro atoms. The van der Waals surface area contributed by atoms with Crippen LogP contribution in [0, 0.1) is 0 Å². The molecule has 1 saturated heterocycles. The molecule has 1 unspecified atom stereocenters. The van der Waals surface area contributed by atoms with Gasteiger partial charge in [0.1, 0.15) is 6.61 Å². The Hall–Kier alpha value is -2.31. The first-order valence-corrected chi connectivity index (χ1v) is 9.57. The van der Waals surface area contributed by atoms with Gasteiger partial charge < -0.3 is 19.1 Å². The molecule has 2 aromatic carbocycles. The number of methoxy groups -OCH3 is 2. The van der Waals surface area contributed by atoms with E-state index in [1.54, 1.807) is 14.2 Å². The van der Waals surface area contributed by atoms with Crippen LogP contribution in [0.3, 0.4) is 0 Å². The summed E-state index contributed by atoms with van der Waals surface area (Å²) in [5.41, 5.74) is 3.82. The lowest BCUT2D eigenvalue weighted by atomic mass is 9.88. The monoisotopic (exact) mass is 384 g/mol. The summed E-state index contributed by atoms with van der Waals surface area (Å²) in [6.07, 6.45) is 0.959. The van der Waals surface area contributed by atoms with Gasteiger partial charge in [-0.15, -0.1) is 0 Å². The molecular weight excluding hydrogens is 360 g/mol. The van der Waals surface area contributed by atoms with Crippen LogP contribution >= 0.6 is 12.2 Å². The minimum absolute atomic E-state index is 0.137. The van der Waals surface area contributed by atoms with Gasteiger partial charge in [0.25, 0.3) is 5.17 Å². The molecule has 0 bridgehead atoms. The Labute approximate surface area is 165 Å². The highest BCUT2D eigenvalue weighted by molar-refractivity contribution is 7.80. The zero-order chi connectivity index (χ0) is 18.8. The molecule has 0 aliphatic carbocycles. The van der Waals surface area contributed by atoms with E-state index in [0.29, 0.717) is 11.8 Å². The fourth-order valence-electron chi connectivity index (χ4n) is 3.95. The zero-order valence-electron chi connectivity index (χ0n) is 15.7. The Morgan fingerprint density at radius 3 is 2.48 bits per heavy atom. The van der Waals surface area contributed by atoms with Crippen molar-refractivity contribution in [3.63, 3.8) is 0 Å². The van der Waals surface area contributed by atoms with Crippen molar-refractivity contribution < 1.29 is 14.2 Å². The van der Waals surface area contributed by atoms with Crippen LogP contribution in [0.5, 0.6) is 11.5 Å². The highest BCUT2D eigenvalue weighted by atomic mass is 32.1. The predicted octanol–water partition coefficient (Wildman–Crippen LogP) is 3.23. The minimum Gasteiger partial charge on any atom is -0.493 e. The molecule has 27 heavy (non-hydrogen) atoms. The Balaban J connectivity index is 1.75. The average Bonchev–Trinajstić information content (AvgIpc) is 3.11. The third-order valence-electron chi connectivity index (χ3n) is 5.29. The van der Waals surface area contributed by atoms with Gasteiger partial charge in [0.05, 0.1) is 33.5 Å². The van der Waals surface area contributed by atoms with Crippen LogP contribution in [0.25, 0.3) is 0 Å². The number of nitrogens with zero attached hydrogens (tertiary/aromatic N) is 2. The smallest absolute Gasteiger partial charge is 0.260 e. The van der Waals surface area contributed by atoms with E-state index in [-0.39, 0.29) is 6.04 Å². The van der Waals surface area contributed by atoms with Gasteiger partial charge in [0.15, 0.2) is 11.5 Å². The summed E-state index contributed by atoms with van der Waals surface area (Å²) in [5.74, 6) is 1.55. The van der Waals surface area contributed by atoms with E-state index in [1.807, 2.05) is 0 Å². The SMILES string of the molecule is COc1cc2c(cc1OC)C(c1ccccc1)N(CN1CCOC1=S)CC2. The van der Waals surface area contributed by atoms with Gasteiger partial charge >= 0.3 is 0 Å². The van der Waals surface area contributed by atoms with Crippen LogP contribution in [-0.2, 0) is 11.2 Å². The van der Waals surface area contributed by atoms with Crippen LogP contribution < -0.4 is 9.47 Å². The molecule has 0 amide bonds. The highest BCUT2D eigenvalue weighted by Gasteiger charge is 2.32. The standard InChI is InChI=1S/C21H24N2O3S/c1-24-18-12-16-8-9-22(14-23-10-11-26-21(23)27)20(15-6-4-3-5-7-15)17(16)13-19(18)25-2/h3-7,12-13,20H,8-11,14H2,1-2H3. The Bertz CT molecular complexity index is 828. The molecule has 1 fully saturated rings. The van der Waals surface area contributed by atoms with Crippen LogP contribution in [-0.4, -0.2) is 55.6 Å². The van der Waals surface area contributed by atoms with E-state index >= 15 is 0 Å². The van der Waals surface area contributed by atoms with Crippen molar-refractivity contribution in [1.29, 1.82) is 0 Å². The molecule has 5 nitrogen and oxygen atoms in total. The molecule has 0 saturated carbocycles. The largest absolute Gasteiger partial charge is 0.493 e. The second-order valence-electron chi connectivity index (χ2n) is 6.80. The van der Waals surface area contributed by atoms with Gasteiger partial charge in [-0.3, -0.25) is 4.90 Å². The van der Waals surface area contributed by atoms with E-state index < -0.39 is 0 Å². The van der Waals surface area contributed by atoms with Gasteiger partial charge in [-0.05, 0) is 47.5 Å². The maximum Gasteiger partial charge on any atom is 0.260 e. The lowest BCUT2D eigenvalue weighted by molar-refractivity contribution is 0.150. The van der Waals surface area contributed by atoms with Crippen LogP contribution in [0.2, 0.25) is 0 Å². The maximum atomic E-state index is 5.58. The van der Waals surface area contributed by atoms with Crippen LogP contribution in [0.15, 0.2) is 42.5 Å². The summed E-state index contributed by atoms with van der Waals surface area (Å²) < 4.78 is 16.6. The van der Waals surface area contributed by atoms with E-state index in [0.717, 1.165) is 37.7 Å². The second kappa shape index (κ2) is 7.74. The number of benzene rings is 2. The summed E-state index contributed by atoms with van der Waals surface area (Å²) in [7, 11) is 3.37. The second-order valence-corrected chi connectivity index (χ2v) is 7.15. The first kappa shape index (κ1) is 18.1. The fraction of sp³-hybridized carbons (Fsp3) is 0.381. The number of ether oxygens (including phenoxy) is 3. The van der Waals surface area contributed by atoms with Crippen molar-refractivity contribution in [1.82, 2.24) is 9.80 Å². The lowest BCUT2D eigenvalue weighted by Crippen LogP contribution is -2.44. The molecule has 142 valence electrons. The van der Waals surface area contributed by atoms with Crippen molar-refractivity contribution in [3.05, 3.63) is 59.2 Å².